The molecule has 5 nitrogen and oxygen atoms in total. The van der Waals surface area contributed by atoms with Gasteiger partial charge in [-0.15, -0.1) is 0 Å². The predicted octanol–water partition coefficient (Wildman–Crippen LogP) is 11.6. The molecule has 5 heteroatoms. The third-order valence-electron chi connectivity index (χ3n) is 10.8. The summed E-state index contributed by atoms with van der Waals surface area (Å²) in [7, 11) is 0. The molecule has 4 heterocycles. The van der Waals surface area contributed by atoms with Crippen molar-refractivity contribution in [2.45, 2.75) is 58.5 Å². The van der Waals surface area contributed by atoms with E-state index < -0.39 is 6.10 Å². The fourth-order valence-electron chi connectivity index (χ4n) is 7.59. The first-order valence-corrected chi connectivity index (χ1v) is 19.5. The van der Waals surface area contributed by atoms with Crippen LogP contribution in [0.4, 0.5) is 0 Å². The van der Waals surface area contributed by atoms with Gasteiger partial charge in [-0.2, -0.15) is 0 Å². The number of allylic oxidation sites excluding steroid dienone is 3. The zero-order valence-corrected chi connectivity index (χ0v) is 32.7. The third kappa shape index (κ3) is 7.51. The summed E-state index contributed by atoms with van der Waals surface area (Å²) in [6.45, 7) is 11.0. The van der Waals surface area contributed by atoms with Crippen LogP contribution in [0.15, 0.2) is 173 Å². The second-order valence-corrected chi connectivity index (χ2v) is 15.7. The predicted molar refractivity (Wildman–Crippen MR) is 232 cm³/mol. The van der Waals surface area contributed by atoms with Gasteiger partial charge in [-0.25, -0.2) is 4.99 Å². The molecule has 4 aromatic carbocycles. The molecule has 8 rings (SSSR count). The fraction of sp³-hybridized carbons (Fsp3) is 0.176. The number of rotatable bonds is 10. The molecule has 0 radical (unpaired) electrons. The minimum Gasteiger partial charge on any atom is -0.382 e. The second-order valence-electron chi connectivity index (χ2n) is 15.7. The molecule has 0 fully saturated rings. The number of aromatic amines is 2. The summed E-state index contributed by atoms with van der Waals surface area (Å²) in [5.74, 6) is -0.108. The van der Waals surface area contributed by atoms with Crippen LogP contribution in [0.25, 0.3) is 11.1 Å². The molecule has 2 aliphatic heterocycles. The van der Waals surface area contributed by atoms with E-state index in [1.807, 2.05) is 42.6 Å². The Bertz CT molecular complexity index is 2520. The van der Waals surface area contributed by atoms with Crippen LogP contribution >= 0.6 is 0 Å². The fourth-order valence-corrected chi connectivity index (χ4v) is 7.59. The summed E-state index contributed by atoms with van der Waals surface area (Å²) >= 11 is 0. The number of aryl methyl sites for hydroxylation is 2. The molecule has 2 aromatic heterocycles. The van der Waals surface area contributed by atoms with Crippen molar-refractivity contribution in [1.82, 2.24) is 9.97 Å². The van der Waals surface area contributed by atoms with E-state index in [9.17, 15) is 5.11 Å². The van der Waals surface area contributed by atoms with E-state index in [-0.39, 0.29) is 11.3 Å². The van der Waals surface area contributed by atoms with Gasteiger partial charge in [-0.05, 0) is 101 Å². The summed E-state index contributed by atoms with van der Waals surface area (Å²) in [5.41, 5.74) is 16.4. The van der Waals surface area contributed by atoms with E-state index in [0.717, 1.165) is 68.4 Å². The Morgan fingerprint density at radius 2 is 1.25 bits per heavy atom. The average Bonchev–Trinajstić information content (AvgIpc) is 4.07. The first kappa shape index (κ1) is 36.7. The Hall–Kier alpha value is -6.30. The van der Waals surface area contributed by atoms with E-state index in [1.165, 1.54) is 22.3 Å². The normalized spacial score (nSPS) is 16.6. The van der Waals surface area contributed by atoms with Crippen molar-refractivity contribution in [1.29, 1.82) is 0 Å². The van der Waals surface area contributed by atoms with Crippen LogP contribution in [0.3, 0.4) is 0 Å². The highest BCUT2D eigenvalue weighted by Crippen LogP contribution is 2.38. The molecule has 2 aliphatic rings. The number of nitrogens with one attached hydrogen (secondary N) is 2. The molecular formula is C51H48N4O. The Labute approximate surface area is 330 Å². The molecule has 0 saturated heterocycles. The lowest BCUT2D eigenvalue weighted by Crippen LogP contribution is -2.10. The first-order chi connectivity index (χ1) is 27.2. The van der Waals surface area contributed by atoms with Crippen LogP contribution in [0, 0.1) is 6.92 Å². The third-order valence-corrected chi connectivity index (χ3v) is 10.8. The Morgan fingerprint density at radius 3 is 1.84 bits per heavy atom. The summed E-state index contributed by atoms with van der Waals surface area (Å²) in [4.78, 5) is 17.5. The number of aliphatic hydroxyl groups excluding tert-OH is 1. The van der Waals surface area contributed by atoms with Crippen molar-refractivity contribution in [3.63, 3.8) is 0 Å². The lowest BCUT2D eigenvalue weighted by molar-refractivity contribution is 0.248. The van der Waals surface area contributed by atoms with Crippen molar-refractivity contribution in [2.24, 2.45) is 9.98 Å². The van der Waals surface area contributed by atoms with Crippen LogP contribution in [-0.4, -0.2) is 27.0 Å². The zero-order valence-electron chi connectivity index (χ0n) is 32.7. The molecule has 3 N–H and O–H groups in total. The number of hydrogen-bond acceptors (Lipinski definition) is 3. The van der Waals surface area contributed by atoms with Crippen LogP contribution in [0.1, 0.15) is 101 Å². The van der Waals surface area contributed by atoms with Gasteiger partial charge in [0, 0.05) is 40.1 Å². The summed E-state index contributed by atoms with van der Waals surface area (Å²) in [6, 6.07) is 44.9. The largest absolute Gasteiger partial charge is 0.382 e. The Kier molecular flexibility index (Phi) is 10.1. The smallest absolute Gasteiger partial charge is 0.121 e. The molecule has 0 spiro atoms. The first-order valence-electron chi connectivity index (χ1n) is 19.5. The maximum absolute atomic E-state index is 11.5. The van der Waals surface area contributed by atoms with Crippen LogP contribution in [-0.2, 0) is 11.8 Å². The Balaban J connectivity index is 1.23. The molecule has 6 aromatic rings. The number of aliphatic hydroxyl groups is 1. The molecule has 278 valence electrons. The van der Waals surface area contributed by atoms with Gasteiger partial charge in [0.2, 0.25) is 0 Å². The van der Waals surface area contributed by atoms with Crippen molar-refractivity contribution < 1.29 is 5.11 Å². The summed E-state index contributed by atoms with van der Waals surface area (Å²) in [6.07, 6.45) is 9.99. The van der Waals surface area contributed by atoms with E-state index in [4.69, 9.17) is 9.98 Å². The summed E-state index contributed by atoms with van der Waals surface area (Å²) in [5, 5.41) is 11.5. The highest BCUT2D eigenvalue weighted by Gasteiger charge is 2.25. The van der Waals surface area contributed by atoms with Gasteiger partial charge in [-0.1, -0.05) is 136 Å². The number of aromatic nitrogens is 2. The van der Waals surface area contributed by atoms with Gasteiger partial charge in [0.15, 0.2) is 0 Å². The minimum absolute atomic E-state index is 0.0221. The van der Waals surface area contributed by atoms with Gasteiger partial charge in [0.25, 0.3) is 0 Å². The van der Waals surface area contributed by atoms with Crippen molar-refractivity contribution >= 4 is 23.1 Å². The number of hydrogen-bond donors (Lipinski definition) is 3. The maximum Gasteiger partial charge on any atom is 0.121 e. The standard InChI is InChI=1S/C51H48N4O/c1-6-34-16-20-38(21-17-34)50(56)46-31-30-45(55-46)49(37-22-24-39(25-23-37)51(3,4)5)44-29-28-43(54-44)48(36-18-14-33(2)15-19-36)42-27-26-41(53-42)47(40-13-10-32-52-40)35-11-8-7-9-12-35/h7-32,48,50,53-54,56H,6H2,1-5H3. The highest BCUT2D eigenvalue weighted by molar-refractivity contribution is 6.04. The number of nitrogens with zero attached hydrogens (tertiary/aromatic N) is 2. The molecule has 0 amide bonds. The molecule has 0 bridgehead atoms. The van der Waals surface area contributed by atoms with Crippen molar-refractivity contribution in [3.05, 3.63) is 225 Å². The van der Waals surface area contributed by atoms with Gasteiger partial charge in [-0.3, -0.25) is 4.99 Å². The molecule has 56 heavy (non-hydrogen) atoms. The van der Waals surface area contributed by atoms with Crippen LogP contribution < -0.4 is 0 Å². The molecular weight excluding hydrogens is 685 g/mol. The zero-order chi connectivity index (χ0) is 38.8. The number of aliphatic imine (C=N–C) groups is 2. The van der Waals surface area contributed by atoms with Crippen LogP contribution in [0.5, 0.6) is 0 Å². The van der Waals surface area contributed by atoms with Crippen LogP contribution in [0.2, 0.25) is 0 Å². The molecule has 2 unspecified atom stereocenters. The van der Waals surface area contributed by atoms with Crippen molar-refractivity contribution in [3.8, 4) is 0 Å². The average molecular weight is 733 g/mol. The molecule has 0 aliphatic carbocycles. The SMILES string of the molecule is CCc1ccc(C(O)C2=NC(=C(c3ccc(C(C)(C)C)cc3)c3ccc(C(c4ccc(C)cc4)c4ccc(C(=C5C=CC=N5)c5ccccc5)[nH]4)[nH]3)C=C2)cc1. The van der Waals surface area contributed by atoms with Crippen molar-refractivity contribution in [2.75, 3.05) is 0 Å². The Morgan fingerprint density at radius 1 is 0.643 bits per heavy atom. The van der Waals surface area contributed by atoms with Gasteiger partial charge in [0.05, 0.1) is 23.0 Å². The maximum atomic E-state index is 11.5. The highest BCUT2D eigenvalue weighted by atomic mass is 16.3. The van der Waals surface area contributed by atoms with E-state index in [1.54, 1.807) is 0 Å². The van der Waals surface area contributed by atoms with E-state index in [2.05, 4.69) is 160 Å². The van der Waals surface area contributed by atoms with Gasteiger partial charge in [0.1, 0.15) is 6.10 Å². The van der Waals surface area contributed by atoms with E-state index >= 15 is 0 Å². The second kappa shape index (κ2) is 15.4. The lowest BCUT2D eigenvalue weighted by atomic mass is 9.86. The number of benzene rings is 4. The number of H-pyrrole nitrogens is 2. The molecule has 2 atom stereocenters. The topological polar surface area (TPSA) is 76.5 Å². The summed E-state index contributed by atoms with van der Waals surface area (Å²) < 4.78 is 0. The minimum atomic E-state index is -0.826. The van der Waals surface area contributed by atoms with Gasteiger partial charge < -0.3 is 15.1 Å². The molecule has 0 saturated carbocycles. The van der Waals surface area contributed by atoms with Gasteiger partial charge >= 0.3 is 0 Å². The lowest BCUT2D eigenvalue weighted by Gasteiger charge is -2.20. The monoisotopic (exact) mass is 732 g/mol. The quantitative estimate of drug-likeness (QED) is 0.129. The van der Waals surface area contributed by atoms with E-state index in [0.29, 0.717) is 5.71 Å².